The molecule has 6 nitrogen and oxygen atoms in total. The van der Waals surface area contributed by atoms with Gasteiger partial charge in [0, 0.05) is 12.5 Å². The zero-order chi connectivity index (χ0) is 26.4. The summed E-state index contributed by atoms with van der Waals surface area (Å²) in [5.74, 6) is -0.331. The summed E-state index contributed by atoms with van der Waals surface area (Å²) in [6.45, 7) is 17.2. The lowest BCUT2D eigenvalue weighted by Crippen LogP contribution is -2.61. The minimum absolute atomic E-state index is 0.0211. The molecule has 0 aliphatic rings. The third kappa shape index (κ3) is 7.26. The summed E-state index contributed by atoms with van der Waals surface area (Å²) in [7, 11) is 3.50. The van der Waals surface area contributed by atoms with Crippen molar-refractivity contribution in [3.8, 4) is 0 Å². The number of allylic oxidation sites excluding steroid dienone is 1. The summed E-state index contributed by atoms with van der Waals surface area (Å²) in [6, 6.07) is 8.34. The SMILES string of the molecule is CNC(C(=O)NC(C(=O)N(C)C(/C=C(\C)C(C)=O)C(C)C)C(C)(C)C)C(C)(C)c1ccccc1. The number of hydrogen-bond donors (Lipinski definition) is 2. The van der Waals surface area contributed by atoms with Gasteiger partial charge in [-0.15, -0.1) is 0 Å². The van der Waals surface area contributed by atoms with Gasteiger partial charge < -0.3 is 15.5 Å². The molecule has 1 rings (SSSR count). The zero-order valence-corrected chi connectivity index (χ0v) is 22.9. The molecule has 2 amide bonds. The molecule has 1 aromatic rings. The largest absolute Gasteiger partial charge is 0.342 e. The first-order chi connectivity index (χ1) is 15.5. The number of rotatable bonds is 10. The molecule has 1 aromatic carbocycles. The second-order valence-corrected chi connectivity index (χ2v) is 11.2. The molecule has 3 unspecified atom stereocenters. The first-order valence-electron chi connectivity index (χ1n) is 12.0. The van der Waals surface area contributed by atoms with E-state index in [1.807, 2.05) is 84.9 Å². The summed E-state index contributed by atoms with van der Waals surface area (Å²) in [4.78, 5) is 40.8. The molecule has 34 heavy (non-hydrogen) atoms. The van der Waals surface area contributed by atoms with Crippen molar-refractivity contribution in [2.75, 3.05) is 14.1 Å². The number of amides is 2. The number of likely N-dealkylation sites (N-methyl/N-ethyl adjacent to an activating group) is 2. The first kappa shape index (κ1) is 29.6. The smallest absolute Gasteiger partial charge is 0.245 e. The fourth-order valence-corrected chi connectivity index (χ4v) is 4.20. The van der Waals surface area contributed by atoms with Gasteiger partial charge in [0.25, 0.3) is 0 Å². The van der Waals surface area contributed by atoms with Crippen molar-refractivity contribution in [1.82, 2.24) is 15.5 Å². The molecular weight excluding hydrogens is 426 g/mol. The molecule has 0 aromatic heterocycles. The van der Waals surface area contributed by atoms with Crippen LogP contribution >= 0.6 is 0 Å². The Morgan fingerprint density at radius 3 is 1.88 bits per heavy atom. The molecular formula is C28H45N3O3. The average Bonchev–Trinajstić information content (AvgIpc) is 2.74. The van der Waals surface area contributed by atoms with Crippen molar-refractivity contribution in [2.45, 2.75) is 85.9 Å². The van der Waals surface area contributed by atoms with E-state index in [0.29, 0.717) is 5.57 Å². The Labute approximate surface area is 206 Å². The van der Waals surface area contributed by atoms with E-state index >= 15 is 0 Å². The maximum Gasteiger partial charge on any atom is 0.245 e. The predicted molar refractivity (Wildman–Crippen MR) is 140 cm³/mol. The molecule has 0 spiro atoms. The van der Waals surface area contributed by atoms with E-state index in [-0.39, 0.29) is 29.6 Å². The van der Waals surface area contributed by atoms with Gasteiger partial charge in [0.05, 0.1) is 12.1 Å². The lowest BCUT2D eigenvalue weighted by molar-refractivity contribution is -0.140. The van der Waals surface area contributed by atoms with Crippen LogP contribution in [0.3, 0.4) is 0 Å². The number of carbonyl (C=O) groups excluding carboxylic acids is 3. The van der Waals surface area contributed by atoms with E-state index in [2.05, 4.69) is 10.6 Å². The van der Waals surface area contributed by atoms with Gasteiger partial charge in [0.1, 0.15) is 6.04 Å². The third-order valence-electron chi connectivity index (χ3n) is 6.64. The number of ketones is 1. The molecule has 0 fully saturated rings. The van der Waals surface area contributed by atoms with Gasteiger partial charge in [-0.25, -0.2) is 0 Å². The Bertz CT molecular complexity index is 882. The fourth-order valence-electron chi connectivity index (χ4n) is 4.20. The highest BCUT2D eigenvalue weighted by molar-refractivity contribution is 5.93. The lowest BCUT2D eigenvalue weighted by atomic mass is 9.76. The standard InChI is InChI=1S/C28H45N3O3/c1-18(2)22(17-19(3)20(4)32)31(11)26(34)24(27(5,6)7)30-25(33)23(29-10)28(8,9)21-15-13-12-14-16-21/h12-18,22-24,29H,1-11H3,(H,30,33)/b19-17+. The van der Waals surface area contributed by atoms with Crippen LogP contribution in [0.25, 0.3) is 0 Å². The maximum absolute atomic E-state index is 13.7. The number of Topliss-reactive ketones (excluding diaryl/α,β-unsaturated/α-hetero) is 1. The molecule has 0 saturated heterocycles. The van der Waals surface area contributed by atoms with Crippen LogP contribution in [0.5, 0.6) is 0 Å². The molecule has 0 aliphatic heterocycles. The summed E-state index contributed by atoms with van der Waals surface area (Å²) >= 11 is 0. The quantitative estimate of drug-likeness (QED) is 0.504. The molecule has 6 heteroatoms. The van der Waals surface area contributed by atoms with Gasteiger partial charge >= 0.3 is 0 Å². The predicted octanol–water partition coefficient (Wildman–Crippen LogP) is 4.10. The molecule has 0 heterocycles. The van der Waals surface area contributed by atoms with Crippen molar-refractivity contribution < 1.29 is 14.4 Å². The Hall–Kier alpha value is -2.47. The van der Waals surface area contributed by atoms with E-state index in [4.69, 9.17) is 0 Å². The number of benzene rings is 1. The van der Waals surface area contributed by atoms with Gasteiger partial charge in [-0.2, -0.15) is 0 Å². The van der Waals surface area contributed by atoms with Gasteiger partial charge in [-0.1, -0.05) is 84.9 Å². The molecule has 0 saturated carbocycles. The first-order valence-corrected chi connectivity index (χ1v) is 12.0. The van der Waals surface area contributed by atoms with Crippen molar-refractivity contribution in [3.63, 3.8) is 0 Å². The van der Waals surface area contributed by atoms with E-state index < -0.39 is 22.9 Å². The molecule has 0 aliphatic carbocycles. The summed E-state index contributed by atoms with van der Waals surface area (Å²) < 4.78 is 0. The number of nitrogens with one attached hydrogen (secondary N) is 2. The maximum atomic E-state index is 13.7. The van der Waals surface area contributed by atoms with Crippen LogP contribution in [0.2, 0.25) is 0 Å². The van der Waals surface area contributed by atoms with Crippen molar-refractivity contribution >= 4 is 17.6 Å². The molecule has 190 valence electrons. The monoisotopic (exact) mass is 471 g/mol. The van der Waals surface area contributed by atoms with E-state index in [9.17, 15) is 14.4 Å². The van der Waals surface area contributed by atoms with Crippen LogP contribution in [0.15, 0.2) is 42.0 Å². The third-order valence-corrected chi connectivity index (χ3v) is 6.64. The molecule has 2 N–H and O–H groups in total. The van der Waals surface area contributed by atoms with Gasteiger partial charge in [-0.05, 0) is 43.4 Å². The number of carbonyl (C=O) groups is 3. The van der Waals surface area contributed by atoms with E-state index in [1.165, 1.54) is 6.92 Å². The normalized spacial score (nSPS) is 15.5. The highest BCUT2D eigenvalue weighted by atomic mass is 16.2. The lowest BCUT2D eigenvalue weighted by Gasteiger charge is -2.40. The summed E-state index contributed by atoms with van der Waals surface area (Å²) in [5, 5.41) is 6.22. The van der Waals surface area contributed by atoms with Crippen LogP contribution in [-0.2, 0) is 19.8 Å². The Morgan fingerprint density at radius 1 is 0.941 bits per heavy atom. The summed E-state index contributed by atoms with van der Waals surface area (Å²) in [6.07, 6.45) is 1.85. The van der Waals surface area contributed by atoms with Crippen molar-refractivity contribution in [2.24, 2.45) is 11.3 Å². The van der Waals surface area contributed by atoms with Crippen LogP contribution in [0.1, 0.15) is 67.9 Å². The summed E-state index contributed by atoms with van der Waals surface area (Å²) in [5.41, 5.74) is 0.635. The molecule has 3 atom stereocenters. The number of nitrogens with zero attached hydrogens (tertiary/aromatic N) is 1. The van der Waals surface area contributed by atoms with E-state index in [1.54, 1.807) is 25.9 Å². The fraction of sp³-hybridized carbons (Fsp3) is 0.607. The zero-order valence-electron chi connectivity index (χ0n) is 22.9. The highest BCUT2D eigenvalue weighted by Gasteiger charge is 2.41. The second-order valence-electron chi connectivity index (χ2n) is 11.2. The van der Waals surface area contributed by atoms with Crippen LogP contribution < -0.4 is 10.6 Å². The average molecular weight is 472 g/mol. The van der Waals surface area contributed by atoms with Gasteiger partial charge in [0.15, 0.2) is 5.78 Å². The van der Waals surface area contributed by atoms with Gasteiger partial charge in [0.2, 0.25) is 11.8 Å². The van der Waals surface area contributed by atoms with E-state index in [0.717, 1.165) is 5.56 Å². The minimum Gasteiger partial charge on any atom is -0.342 e. The highest BCUT2D eigenvalue weighted by Crippen LogP contribution is 2.29. The van der Waals surface area contributed by atoms with Crippen LogP contribution in [0.4, 0.5) is 0 Å². The number of hydrogen-bond acceptors (Lipinski definition) is 4. The molecule has 0 bridgehead atoms. The van der Waals surface area contributed by atoms with Crippen molar-refractivity contribution in [3.05, 3.63) is 47.5 Å². The second kappa shape index (κ2) is 11.8. The topological polar surface area (TPSA) is 78.5 Å². The minimum atomic E-state index is -0.736. The van der Waals surface area contributed by atoms with Crippen LogP contribution in [-0.4, -0.2) is 54.7 Å². The Balaban J connectivity index is 3.29. The Morgan fingerprint density at radius 2 is 1.47 bits per heavy atom. The Kier molecular flexibility index (Phi) is 10.2. The van der Waals surface area contributed by atoms with Gasteiger partial charge in [-0.3, -0.25) is 14.4 Å². The van der Waals surface area contributed by atoms with Crippen molar-refractivity contribution in [1.29, 1.82) is 0 Å². The molecule has 0 radical (unpaired) electrons. The van der Waals surface area contributed by atoms with Crippen LogP contribution in [0, 0.1) is 11.3 Å².